The van der Waals surface area contributed by atoms with Crippen LogP contribution in [0.25, 0.3) is 0 Å². The van der Waals surface area contributed by atoms with Gasteiger partial charge in [0.15, 0.2) is 0 Å². The fourth-order valence-corrected chi connectivity index (χ4v) is 4.40. The van der Waals surface area contributed by atoms with E-state index in [-0.39, 0.29) is 50.8 Å². The molecule has 0 aliphatic carbocycles. The van der Waals surface area contributed by atoms with Gasteiger partial charge < -0.3 is 21.8 Å². The standard InChI is InChI=1S/C19H24NO5P.Li.H/c1-14(16-8-5-9-17(10-16)19(22)23)20-11-18(21)13-26(24,25)12-15-6-3-2-4-7-15;;/h2-10,14,18,20-21H,11-13H2,1H3,(H,22,23)(H,24,25);;/q;+1;-1/t14?,18-;;/m1../s1. The maximum absolute atomic E-state index is 12.3. The van der Waals surface area contributed by atoms with Crippen LogP contribution in [0.1, 0.15) is 35.9 Å². The minimum atomic E-state index is -3.49. The third kappa shape index (κ3) is 8.02. The van der Waals surface area contributed by atoms with Gasteiger partial charge in [-0.2, -0.15) is 0 Å². The second-order valence-corrected chi connectivity index (χ2v) is 8.76. The molecule has 142 valence electrons. The van der Waals surface area contributed by atoms with E-state index in [0.29, 0.717) is 0 Å². The minimum absolute atomic E-state index is 0. The maximum Gasteiger partial charge on any atom is 1.00 e. The number of aromatic carboxylic acids is 1. The average Bonchev–Trinajstić information content (AvgIpc) is 2.59. The number of carboxylic acid groups (broad SMARTS) is 1. The molecular formula is C19H25LiNO5P. The number of carbonyl (C=O) groups is 1. The molecule has 4 N–H and O–H groups in total. The molecule has 8 heteroatoms. The first kappa shape index (κ1) is 23.7. The summed E-state index contributed by atoms with van der Waals surface area (Å²) < 4.78 is 12.3. The van der Waals surface area contributed by atoms with Gasteiger partial charge in [-0.15, -0.1) is 0 Å². The number of hydrogen-bond acceptors (Lipinski definition) is 4. The van der Waals surface area contributed by atoms with E-state index in [0.717, 1.165) is 11.1 Å². The Bertz CT molecular complexity index is 793. The summed E-state index contributed by atoms with van der Waals surface area (Å²) in [5, 5.41) is 22.2. The van der Waals surface area contributed by atoms with E-state index in [2.05, 4.69) is 5.32 Å². The summed E-state index contributed by atoms with van der Waals surface area (Å²) in [6.45, 7) is 1.98. The summed E-state index contributed by atoms with van der Waals surface area (Å²) in [6.07, 6.45) is -1.14. The normalized spacial score (nSPS) is 15.2. The summed E-state index contributed by atoms with van der Waals surface area (Å²) in [5.74, 6) is -0.999. The molecule has 0 aliphatic heterocycles. The molecule has 27 heavy (non-hydrogen) atoms. The summed E-state index contributed by atoms with van der Waals surface area (Å²) in [4.78, 5) is 21.1. The van der Waals surface area contributed by atoms with Crippen LogP contribution in [0.5, 0.6) is 0 Å². The molecule has 2 rings (SSSR count). The van der Waals surface area contributed by atoms with Gasteiger partial charge in [-0.05, 0) is 30.2 Å². The van der Waals surface area contributed by atoms with E-state index in [1.54, 1.807) is 42.5 Å². The molecule has 0 fully saturated rings. The predicted octanol–water partition coefficient (Wildman–Crippen LogP) is -0.0166. The quantitative estimate of drug-likeness (QED) is 0.357. The van der Waals surface area contributed by atoms with Crippen molar-refractivity contribution in [3.05, 3.63) is 71.3 Å². The van der Waals surface area contributed by atoms with E-state index in [1.807, 2.05) is 13.0 Å². The van der Waals surface area contributed by atoms with Crippen molar-refractivity contribution in [1.82, 2.24) is 5.32 Å². The SMILES string of the molecule is CC(NC[C@@H](O)CP(=O)(O)Cc1ccccc1)c1cccc(C(=O)O)c1.[H-].[Li+]. The van der Waals surface area contributed by atoms with Crippen molar-refractivity contribution >= 4 is 13.3 Å². The van der Waals surface area contributed by atoms with Crippen LogP contribution < -0.4 is 24.2 Å². The van der Waals surface area contributed by atoms with E-state index >= 15 is 0 Å². The van der Waals surface area contributed by atoms with Crippen molar-refractivity contribution in [2.45, 2.75) is 25.2 Å². The summed E-state index contributed by atoms with van der Waals surface area (Å²) in [6, 6.07) is 15.4. The Morgan fingerprint density at radius 3 is 2.48 bits per heavy atom. The zero-order chi connectivity index (χ0) is 19.2. The molecule has 0 aromatic heterocycles. The Morgan fingerprint density at radius 1 is 1.19 bits per heavy atom. The third-order valence-corrected chi connectivity index (χ3v) is 5.91. The average molecular weight is 385 g/mol. The molecule has 2 aromatic rings. The molecule has 0 amide bonds. The van der Waals surface area contributed by atoms with Crippen LogP contribution in [0.2, 0.25) is 0 Å². The molecule has 0 spiro atoms. The maximum atomic E-state index is 12.3. The van der Waals surface area contributed by atoms with Gasteiger partial charge in [0.25, 0.3) is 0 Å². The molecule has 3 atom stereocenters. The van der Waals surface area contributed by atoms with Gasteiger partial charge in [-0.1, -0.05) is 42.5 Å². The van der Waals surface area contributed by atoms with Crippen molar-refractivity contribution in [3.63, 3.8) is 0 Å². The molecule has 2 aromatic carbocycles. The van der Waals surface area contributed by atoms with Gasteiger partial charge in [-0.25, -0.2) is 4.79 Å². The third-order valence-electron chi connectivity index (χ3n) is 4.06. The van der Waals surface area contributed by atoms with Gasteiger partial charge in [0.2, 0.25) is 7.37 Å². The fourth-order valence-electron chi connectivity index (χ4n) is 2.70. The first-order valence-corrected chi connectivity index (χ1v) is 10.4. The number of carboxylic acids is 1. The zero-order valence-corrected chi connectivity index (χ0v) is 16.5. The van der Waals surface area contributed by atoms with Crippen LogP contribution >= 0.6 is 7.37 Å². The van der Waals surface area contributed by atoms with Gasteiger partial charge in [-0.3, -0.25) is 4.57 Å². The Balaban J connectivity index is 0.00000364. The van der Waals surface area contributed by atoms with Crippen LogP contribution in [0.3, 0.4) is 0 Å². The number of nitrogens with one attached hydrogen (secondary N) is 1. The van der Waals surface area contributed by atoms with E-state index in [4.69, 9.17) is 5.11 Å². The molecule has 6 nitrogen and oxygen atoms in total. The van der Waals surface area contributed by atoms with Crippen molar-refractivity contribution in [3.8, 4) is 0 Å². The van der Waals surface area contributed by atoms with Crippen molar-refractivity contribution in [1.29, 1.82) is 0 Å². The van der Waals surface area contributed by atoms with Crippen molar-refractivity contribution < 1.29 is 44.8 Å². The monoisotopic (exact) mass is 385 g/mol. The molecule has 0 saturated heterocycles. The van der Waals surface area contributed by atoms with Crippen LogP contribution in [0, 0.1) is 0 Å². The van der Waals surface area contributed by atoms with Crippen LogP contribution in [-0.4, -0.2) is 39.9 Å². The van der Waals surface area contributed by atoms with Crippen LogP contribution in [0.15, 0.2) is 54.6 Å². The van der Waals surface area contributed by atoms with E-state index in [1.165, 1.54) is 6.07 Å². The number of rotatable bonds is 9. The Labute approximate surface area is 172 Å². The number of hydrogen-bond donors (Lipinski definition) is 4. The van der Waals surface area contributed by atoms with Gasteiger partial charge in [0.1, 0.15) is 0 Å². The molecule has 0 saturated carbocycles. The fraction of sp³-hybridized carbons (Fsp3) is 0.316. The molecule has 0 bridgehead atoms. The summed E-state index contributed by atoms with van der Waals surface area (Å²) in [5.41, 5.74) is 1.73. The van der Waals surface area contributed by atoms with Gasteiger partial charge >= 0.3 is 24.8 Å². The number of aliphatic hydroxyl groups is 1. The smallest absolute Gasteiger partial charge is 1.00 e. The van der Waals surface area contributed by atoms with E-state index in [9.17, 15) is 19.4 Å². The first-order chi connectivity index (χ1) is 12.3. The van der Waals surface area contributed by atoms with Crippen molar-refractivity contribution in [2.24, 2.45) is 0 Å². The predicted molar refractivity (Wildman–Crippen MR) is 102 cm³/mol. The van der Waals surface area contributed by atoms with Crippen molar-refractivity contribution in [2.75, 3.05) is 12.7 Å². The van der Waals surface area contributed by atoms with Gasteiger partial charge in [0, 0.05) is 18.7 Å². The first-order valence-electron chi connectivity index (χ1n) is 8.36. The molecular weight excluding hydrogens is 360 g/mol. The summed E-state index contributed by atoms with van der Waals surface area (Å²) >= 11 is 0. The molecule has 0 radical (unpaired) electrons. The topological polar surface area (TPSA) is 107 Å². The molecule has 2 unspecified atom stereocenters. The van der Waals surface area contributed by atoms with Gasteiger partial charge in [0.05, 0.1) is 17.8 Å². The zero-order valence-electron chi connectivity index (χ0n) is 16.6. The second kappa shape index (κ2) is 10.8. The largest absolute Gasteiger partial charge is 1.00 e. The second-order valence-electron chi connectivity index (χ2n) is 6.39. The Kier molecular flexibility index (Phi) is 9.48. The number of benzene rings is 2. The van der Waals surface area contributed by atoms with Crippen LogP contribution in [0.4, 0.5) is 0 Å². The number of aliphatic hydroxyl groups excluding tert-OH is 1. The van der Waals surface area contributed by atoms with E-state index < -0.39 is 19.4 Å². The minimum Gasteiger partial charge on any atom is -1.00 e. The molecule has 0 aliphatic rings. The Morgan fingerprint density at radius 2 is 1.85 bits per heavy atom. The Hall–Kier alpha value is -1.38. The molecule has 0 heterocycles. The van der Waals surface area contributed by atoms with Crippen LogP contribution in [-0.2, 0) is 10.7 Å². The summed E-state index contributed by atoms with van der Waals surface area (Å²) in [7, 11) is -3.49.